The van der Waals surface area contributed by atoms with Crippen molar-refractivity contribution in [3.8, 4) is 0 Å². The monoisotopic (exact) mass is 290 g/mol. The molecule has 6 nitrogen and oxygen atoms in total. The SMILES string of the molecule is CCOC(=O)C1(OS(=O)(=O)C(F)(F)F)CC=CO1. The first-order valence-electron chi connectivity index (χ1n) is 4.66. The van der Waals surface area contributed by atoms with Gasteiger partial charge in [-0.2, -0.15) is 21.6 Å². The Morgan fingerprint density at radius 3 is 2.50 bits per heavy atom. The Bertz CT molecular complexity index is 444. The Morgan fingerprint density at radius 2 is 2.11 bits per heavy atom. The zero-order chi connectivity index (χ0) is 14.0. The van der Waals surface area contributed by atoms with Crippen molar-refractivity contribution < 1.29 is 40.0 Å². The number of carbonyl (C=O) groups excluding carboxylic acids is 1. The van der Waals surface area contributed by atoms with E-state index in [0.717, 1.165) is 12.3 Å². The van der Waals surface area contributed by atoms with Gasteiger partial charge < -0.3 is 9.47 Å². The number of ether oxygens (including phenoxy) is 2. The summed E-state index contributed by atoms with van der Waals surface area (Å²) in [6.07, 6.45) is 1.51. The molecule has 0 fully saturated rings. The molecule has 1 heterocycles. The van der Waals surface area contributed by atoms with Crippen molar-refractivity contribution in [3.05, 3.63) is 12.3 Å². The maximum atomic E-state index is 12.2. The lowest BCUT2D eigenvalue weighted by Gasteiger charge is -2.25. The van der Waals surface area contributed by atoms with Crippen LogP contribution in [0.2, 0.25) is 0 Å². The Kier molecular flexibility index (Phi) is 3.91. The summed E-state index contributed by atoms with van der Waals surface area (Å²) in [6.45, 7) is 1.23. The van der Waals surface area contributed by atoms with Crippen LogP contribution in [0.5, 0.6) is 0 Å². The molecular weight excluding hydrogens is 281 g/mol. The highest BCUT2D eigenvalue weighted by molar-refractivity contribution is 7.87. The minimum absolute atomic E-state index is 0.167. The summed E-state index contributed by atoms with van der Waals surface area (Å²) in [5, 5.41) is 0. The van der Waals surface area contributed by atoms with E-state index in [1.54, 1.807) is 0 Å². The molecule has 0 saturated heterocycles. The first-order valence-corrected chi connectivity index (χ1v) is 6.07. The lowest BCUT2D eigenvalue weighted by molar-refractivity contribution is -0.198. The van der Waals surface area contributed by atoms with Gasteiger partial charge in [-0.1, -0.05) is 0 Å². The second-order valence-corrected chi connectivity index (χ2v) is 4.69. The maximum absolute atomic E-state index is 12.2. The Hall–Kier alpha value is -1.29. The normalized spacial score (nSPS) is 23.8. The van der Waals surface area contributed by atoms with Gasteiger partial charge >= 0.3 is 27.4 Å². The van der Waals surface area contributed by atoms with Gasteiger partial charge in [-0.25, -0.2) is 8.98 Å². The third kappa shape index (κ3) is 2.75. The number of halogens is 3. The zero-order valence-corrected chi connectivity index (χ0v) is 9.88. The fourth-order valence-corrected chi connectivity index (χ4v) is 1.72. The van der Waals surface area contributed by atoms with E-state index in [-0.39, 0.29) is 6.61 Å². The van der Waals surface area contributed by atoms with Crippen LogP contribution in [0.3, 0.4) is 0 Å². The van der Waals surface area contributed by atoms with Crippen molar-refractivity contribution >= 4 is 16.1 Å². The number of hydrogen-bond donors (Lipinski definition) is 0. The van der Waals surface area contributed by atoms with Crippen LogP contribution in [0.4, 0.5) is 13.2 Å². The van der Waals surface area contributed by atoms with Crippen molar-refractivity contribution in [1.82, 2.24) is 0 Å². The molecule has 1 atom stereocenters. The molecule has 18 heavy (non-hydrogen) atoms. The van der Waals surface area contributed by atoms with Crippen LogP contribution in [-0.4, -0.2) is 32.3 Å². The highest BCUT2D eigenvalue weighted by atomic mass is 32.2. The predicted octanol–water partition coefficient (Wildman–Crippen LogP) is 1.05. The molecule has 0 bridgehead atoms. The van der Waals surface area contributed by atoms with Crippen LogP contribution >= 0.6 is 0 Å². The average molecular weight is 290 g/mol. The molecule has 0 aromatic rings. The van der Waals surface area contributed by atoms with Gasteiger partial charge in [-0.15, -0.1) is 0 Å². The van der Waals surface area contributed by atoms with Gasteiger partial charge in [0.15, 0.2) is 0 Å². The van der Waals surface area contributed by atoms with Crippen molar-refractivity contribution in [2.24, 2.45) is 0 Å². The zero-order valence-electron chi connectivity index (χ0n) is 9.06. The third-order valence-electron chi connectivity index (χ3n) is 1.86. The molecule has 0 aromatic heterocycles. The summed E-state index contributed by atoms with van der Waals surface area (Å²) in [7, 11) is -5.97. The third-order valence-corrected chi connectivity index (χ3v) is 2.91. The molecule has 1 unspecified atom stereocenters. The van der Waals surface area contributed by atoms with Crippen molar-refractivity contribution in [2.75, 3.05) is 6.61 Å². The maximum Gasteiger partial charge on any atom is 0.523 e. The standard InChI is InChI=1S/C8H9F3O6S/c1-2-15-6(12)7(4-3-5-16-7)17-18(13,14)8(9,10)11/h3,5H,2,4H2,1H3. The molecule has 0 spiro atoms. The second kappa shape index (κ2) is 4.76. The number of alkyl halides is 3. The van der Waals surface area contributed by atoms with Crippen LogP contribution in [0.15, 0.2) is 12.3 Å². The fourth-order valence-electron chi connectivity index (χ4n) is 1.09. The van der Waals surface area contributed by atoms with Crippen molar-refractivity contribution in [1.29, 1.82) is 0 Å². The van der Waals surface area contributed by atoms with Gasteiger partial charge in [0, 0.05) is 6.42 Å². The second-order valence-electron chi connectivity index (χ2n) is 3.15. The van der Waals surface area contributed by atoms with Crippen LogP contribution in [0.1, 0.15) is 13.3 Å². The Balaban J connectivity index is 2.99. The minimum atomic E-state index is -5.97. The van der Waals surface area contributed by atoms with Crippen LogP contribution in [0, 0.1) is 0 Å². The van der Waals surface area contributed by atoms with Crippen molar-refractivity contribution in [2.45, 2.75) is 24.6 Å². The summed E-state index contributed by atoms with van der Waals surface area (Å²) < 4.78 is 71.0. The van der Waals surface area contributed by atoms with Gasteiger partial charge in [-0.05, 0) is 13.0 Å². The molecule has 1 rings (SSSR count). The van der Waals surface area contributed by atoms with Gasteiger partial charge in [0.05, 0.1) is 12.9 Å². The van der Waals surface area contributed by atoms with Crippen LogP contribution in [-0.2, 0) is 28.6 Å². The molecular formula is C8H9F3O6S. The van der Waals surface area contributed by atoms with Gasteiger partial charge in [0.25, 0.3) is 0 Å². The van der Waals surface area contributed by atoms with E-state index in [1.165, 1.54) is 6.92 Å². The first kappa shape index (κ1) is 14.8. The summed E-state index contributed by atoms with van der Waals surface area (Å²) in [4.78, 5) is 11.4. The Morgan fingerprint density at radius 1 is 1.50 bits per heavy atom. The topological polar surface area (TPSA) is 78.9 Å². The summed E-state index contributed by atoms with van der Waals surface area (Å²) in [5.74, 6) is -3.98. The van der Waals surface area contributed by atoms with Gasteiger partial charge in [0.2, 0.25) is 0 Å². The number of esters is 1. The highest BCUT2D eigenvalue weighted by Gasteiger charge is 2.57. The minimum Gasteiger partial charge on any atom is -0.461 e. The lowest BCUT2D eigenvalue weighted by Crippen LogP contribution is -2.46. The van der Waals surface area contributed by atoms with Crippen LogP contribution in [0.25, 0.3) is 0 Å². The van der Waals surface area contributed by atoms with E-state index < -0.39 is 33.8 Å². The highest BCUT2D eigenvalue weighted by Crippen LogP contribution is 2.34. The molecule has 0 aromatic carbocycles. The molecule has 0 radical (unpaired) electrons. The summed E-state index contributed by atoms with van der Waals surface area (Å²) in [6, 6.07) is 0. The smallest absolute Gasteiger partial charge is 0.461 e. The molecule has 104 valence electrons. The van der Waals surface area contributed by atoms with E-state index in [4.69, 9.17) is 0 Å². The molecule has 1 aliphatic heterocycles. The number of hydrogen-bond acceptors (Lipinski definition) is 6. The molecule has 0 amide bonds. The average Bonchev–Trinajstić information content (AvgIpc) is 2.65. The van der Waals surface area contributed by atoms with Gasteiger partial charge in [0.1, 0.15) is 0 Å². The molecule has 1 aliphatic rings. The lowest BCUT2D eigenvalue weighted by atomic mass is 10.2. The predicted molar refractivity (Wildman–Crippen MR) is 50.3 cm³/mol. The molecule has 10 heteroatoms. The number of rotatable bonds is 4. The summed E-state index contributed by atoms with van der Waals surface area (Å²) >= 11 is 0. The fraction of sp³-hybridized carbons (Fsp3) is 0.625. The van der Waals surface area contributed by atoms with E-state index in [9.17, 15) is 26.4 Å². The molecule has 0 N–H and O–H groups in total. The van der Waals surface area contributed by atoms with Gasteiger partial charge in [-0.3, -0.25) is 0 Å². The summed E-state index contributed by atoms with van der Waals surface area (Å²) in [5.41, 5.74) is -5.65. The Labute approximate surface area is 100 Å². The molecule has 0 aliphatic carbocycles. The number of carbonyl (C=O) groups is 1. The largest absolute Gasteiger partial charge is 0.523 e. The van der Waals surface area contributed by atoms with E-state index in [1.807, 2.05) is 0 Å². The first-order chi connectivity index (χ1) is 8.15. The van der Waals surface area contributed by atoms with E-state index >= 15 is 0 Å². The molecule has 0 saturated carbocycles. The van der Waals surface area contributed by atoms with Crippen molar-refractivity contribution in [3.63, 3.8) is 0 Å². The van der Waals surface area contributed by atoms with E-state index in [0.29, 0.717) is 0 Å². The van der Waals surface area contributed by atoms with E-state index in [2.05, 4.69) is 13.7 Å². The quantitative estimate of drug-likeness (QED) is 0.437. The van der Waals surface area contributed by atoms with Crippen LogP contribution < -0.4 is 0 Å².